The Kier molecular flexibility index (Phi) is 5.94. The molecule has 10 heteroatoms. The summed E-state index contributed by atoms with van der Waals surface area (Å²) in [6, 6.07) is 3.80. The topological polar surface area (TPSA) is 106 Å². The maximum absolute atomic E-state index is 12.5. The minimum absolute atomic E-state index is 0.248. The number of methoxy groups -OCH3 is 1. The van der Waals surface area contributed by atoms with Crippen LogP contribution in [-0.4, -0.2) is 71.5 Å². The molecule has 1 aromatic heterocycles. The minimum Gasteiger partial charge on any atom is -0.494 e. The van der Waals surface area contributed by atoms with Gasteiger partial charge in [0.15, 0.2) is 0 Å². The minimum atomic E-state index is -0.538. The first-order valence-corrected chi connectivity index (χ1v) is 11.2. The van der Waals surface area contributed by atoms with Crippen molar-refractivity contribution in [1.29, 1.82) is 0 Å². The number of ether oxygens (including phenoxy) is 2. The lowest BCUT2D eigenvalue weighted by Crippen LogP contribution is -2.50. The van der Waals surface area contributed by atoms with Gasteiger partial charge in [0.1, 0.15) is 17.0 Å². The van der Waals surface area contributed by atoms with Crippen LogP contribution in [0.3, 0.4) is 0 Å². The van der Waals surface area contributed by atoms with Crippen LogP contribution in [0.2, 0.25) is 0 Å². The van der Waals surface area contributed by atoms with Gasteiger partial charge in [0, 0.05) is 45.0 Å². The van der Waals surface area contributed by atoms with E-state index in [1.165, 1.54) is 0 Å². The molecular formula is C23H31N5O5. The number of carbonyl (C=O) groups is 3. The van der Waals surface area contributed by atoms with E-state index in [-0.39, 0.29) is 17.9 Å². The van der Waals surface area contributed by atoms with Crippen LogP contribution in [0.1, 0.15) is 45.2 Å². The average Bonchev–Trinajstić information content (AvgIpc) is 3.08. The van der Waals surface area contributed by atoms with Crippen LogP contribution in [-0.2, 0) is 21.4 Å². The number of piperazine rings is 1. The molecule has 0 bridgehead atoms. The van der Waals surface area contributed by atoms with Crippen LogP contribution in [0.15, 0.2) is 12.1 Å². The second-order valence-electron chi connectivity index (χ2n) is 9.48. The van der Waals surface area contributed by atoms with E-state index in [0.717, 1.165) is 16.6 Å². The molecule has 33 heavy (non-hydrogen) atoms. The molecule has 3 amide bonds. The van der Waals surface area contributed by atoms with Crippen molar-refractivity contribution in [2.45, 2.75) is 45.1 Å². The van der Waals surface area contributed by atoms with Gasteiger partial charge in [-0.15, -0.1) is 0 Å². The average molecular weight is 458 g/mol. The number of carbonyl (C=O) groups excluding carboxylic acids is 3. The van der Waals surface area contributed by atoms with E-state index in [2.05, 4.69) is 15.3 Å². The number of benzene rings is 1. The molecule has 3 heterocycles. The number of anilines is 1. The van der Waals surface area contributed by atoms with Gasteiger partial charge < -0.3 is 19.3 Å². The molecule has 2 aromatic rings. The van der Waals surface area contributed by atoms with E-state index < -0.39 is 11.5 Å². The zero-order valence-corrected chi connectivity index (χ0v) is 19.8. The molecule has 2 aliphatic heterocycles. The molecule has 2 saturated heterocycles. The van der Waals surface area contributed by atoms with Crippen LogP contribution < -0.4 is 15.0 Å². The fourth-order valence-corrected chi connectivity index (χ4v) is 4.48. The number of amides is 3. The molecule has 0 saturated carbocycles. The van der Waals surface area contributed by atoms with E-state index in [9.17, 15) is 14.4 Å². The number of hydrogen-bond acceptors (Lipinski definition) is 7. The Bertz CT molecular complexity index is 1090. The third-order valence-electron chi connectivity index (χ3n) is 6.01. The molecule has 1 atom stereocenters. The largest absolute Gasteiger partial charge is 0.494 e. The molecule has 1 unspecified atom stereocenters. The zero-order valence-electron chi connectivity index (χ0n) is 19.8. The summed E-state index contributed by atoms with van der Waals surface area (Å²) in [5, 5.41) is 7.96. The molecule has 0 radical (unpaired) electrons. The van der Waals surface area contributed by atoms with Gasteiger partial charge in [0.05, 0.1) is 24.2 Å². The lowest BCUT2D eigenvalue weighted by atomic mass is 9.92. The monoisotopic (exact) mass is 457 g/mol. The Balaban J connectivity index is 1.64. The van der Waals surface area contributed by atoms with Crippen molar-refractivity contribution in [2.24, 2.45) is 7.05 Å². The van der Waals surface area contributed by atoms with Gasteiger partial charge >= 0.3 is 6.09 Å². The van der Waals surface area contributed by atoms with E-state index in [0.29, 0.717) is 50.5 Å². The van der Waals surface area contributed by atoms with Crippen molar-refractivity contribution < 1.29 is 23.9 Å². The van der Waals surface area contributed by atoms with Crippen molar-refractivity contribution in [3.8, 4) is 5.75 Å². The molecule has 178 valence electrons. The fraction of sp³-hybridized carbons (Fsp3) is 0.565. The Morgan fingerprint density at radius 1 is 1.15 bits per heavy atom. The molecular weight excluding hydrogens is 426 g/mol. The maximum atomic E-state index is 12.5. The van der Waals surface area contributed by atoms with Crippen molar-refractivity contribution >= 4 is 34.5 Å². The van der Waals surface area contributed by atoms with Crippen molar-refractivity contribution in [3.63, 3.8) is 0 Å². The molecule has 2 aliphatic rings. The first-order valence-electron chi connectivity index (χ1n) is 11.2. The highest BCUT2D eigenvalue weighted by atomic mass is 16.6. The van der Waals surface area contributed by atoms with Gasteiger partial charge in [-0.25, -0.2) is 4.79 Å². The zero-order chi connectivity index (χ0) is 23.9. The number of fused-ring (bicyclic) bond motifs is 1. The smallest absolute Gasteiger partial charge is 0.410 e. The number of imide groups is 1. The summed E-state index contributed by atoms with van der Waals surface area (Å²) >= 11 is 0. The van der Waals surface area contributed by atoms with Crippen LogP contribution in [0.25, 0.3) is 10.9 Å². The molecule has 0 aliphatic carbocycles. The number of rotatable bonds is 3. The Hall–Kier alpha value is -3.30. The summed E-state index contributed by atoms with van der Waals surface area (Å²) < 4.78 is 13.0. The van der Waals surface area contributed by atoms with Crippen LogP contribution in [0.4, 0.5) is 10.5 Å². The molecule has 10 nitrogen and oxygen atoms in total. The molecule has 0 spiro atoms. The lowest BCUT2D eigenvalue weighted by molar-refractivity contribution is -0.134. The van der Waals surface area contributed by atoms with Gasteiger partial charge in [0.2, 0.25) is 11.8 Å². The normalized spacial score (nSPS) is 19.6. The second kappa shape index (κ2) is 8.57. The van der Waals surface area contributed by atoms with Crippen molar-refractivity contribution in [2.75, 3.05) is 38.2 Å². The van der Waals surface area contributed by atoms with Crippen molar-refractivity contribution in [1.82, 2.24) is 20.0 Å². The standard InChI is InChI=1S/C23H31N5O5/c1-23(2,3)33-22(31)28-12-10-27(11-13-28)20-16(32-5)8-6-14-18(25-26(4)19(14)20)15-7-9-17(29)24-21(15)30/h6,8,15H,7,9-13H2,1-5H3,(H,24,29,30). The van der Waals surface area contributed by atoms with Gasteiger partial charge in [-0.2, -0.15) is 5.10 Å². The Morgan fingerprint density at radius 3 is 2.45 bits per heavy atom. The number of nitrogens with zero attached hydrogens (tertiary/aromatic N) is 4. The first kappa shape index (κ1) is 22.9. The van der Waals surface area contributed by atoms with Crippen molar-refractivity contribution in [3.05, 3.63) is 17.8 Å². The molecule has 4 rings (SSSR count). The fourth-order valence-electron chi connectivity index (χ4n) is 4.48. The number of aryl methyl sites for hydroxylation is 1. The maximum Gasteiger partial charge on any atom is 0.410 e. The summed E-state index contributed by atoms with van der Waals surface area (Å²) in [5.74, 6) is -0.334. The third-order valence-corrected chi connectivity index (χ3v) is 6.01. The lowest BCUT2D eigenvalue weighted by Gasteiger charge is -2.37. The highest BCUT2D eigenvalue weighted by Gasteiger charge is 2.34. The summed E-state index contributed by atoms with van der Waals surface area (Å²) in [4.78, 5) is 40.5. The number of piperidine rings is 1. The third kappa shape index (κ3) is 4.46. The van der Waals surface area contributed by atoms with Gasteiger partial charge in [-0.1, -0.05) is 0 Å². The number of aromatic nitrogens is 2. The molecule has 1 aromatic carbocycles. The SMILES string of the molecule is COc1ccc2c(C3CCC(=O)NC3=O)nn(C)c2c1N1CCN(C(=O)OC(C)(C)C)CC1. The van der Waals surface area contributed by atoms with Crippen LogP contribution >= 0.6 is 0 Å². The summed E-state index contributed by atoms with van der Waals surface area (Å²) in [5.41, 5.74) is 1.87. The predicted molar refractivity (Wildman–Crippen MR) is 122 cm³/mol. The Morgan fingerprint density at radius 2 is 1.85 bits per heavy atom. The summed E-state index contributed by atoms with van der Waals surface area (Å²) in [6.45, 7) is 7.82. The van der Waals surface area contributed by atoms with Gasteiger partial charge in [-0.3, -0.25) is 19.6 Å². The highest BCUT2D eigenvalue weighted by molar-refractivity contribution is 6.04. The van der Waals surface area contributed by atoms with Gasteiger partial charge in [-0.05, 0) is 39.3 Å². The first-order chi connectivity index (χ1) is 15.6. The second-order valence-corrected chi connectivity index (χ2v) is 9.48. The molecule has 1 N–H and O–H groups in total. The quantitative estimate of drug-likeness (QED) is 0.704. The van der Waals surface area contributed by atoms with Crippen LogP contribution in [0, 0.1) is 0 Å². The van der Waals surface area contributed by atoms with E-state index in [4.69, 9.17) is 9.47 Å². The van der Waals surface area contributed by atoms with Gasteiger partial charge in [0.25, 0.3) is 0 Å². The molecule has 2 fully saturated rings. The van der Waals surface area contributed by atoms with Crippen LogP contribution in [0.5, 0.6) is 5.75 Å². The summed E-state index contributed by atoms with van der Waals surface area (Å²) in [7, 11) is 3.47. The number of nitrogens with one attached hydrogen (secondary N) is 1. The van der Waals surface area contributed by atoms with E-state index in [1.54, 1.807) is 16.7 Å². The highest BCUT2D eigenvalue weighted by Crippen LogP contribution is 2.40. The predicted octanol–water partition coefficient (Wildman–Crippen LogP) is 2.16. The number of hydrogen-bond donors (Lipinski definition) is 1. The summed E-state index contributed by atoms with van der Waals surface area (Å²) in [6.07, 6.45) is 0.421. The Labute approximate surface area is 192 Å². The van der Waals surface area contributed by atoms with E-state index in [1.807, 2.05) is 40.0 Å². The van der Waals surface area contributed by atoms with E-state index >= 15 is 0 Å².